The zero-order valence-electron chi connectivity index (χ0n) is 21.2. The third-order valence-electron chi connectivity index (χ3n) is 6.74. The molecule has 37 heavy (non-hydrogen) atoms. The average molecular weight is 504 g/mol. The van der Waals surface area contributed by atoms with Gasteiger partial charge in [-0.05, 0) is 36.8 Å². The maximum Gasteiger partial charge on any atom is 0.240 e. The number of ketones is 1. The van der Waals surface area contributed by atoms with Crippen LogP contribution in [0.15, 0.2) is 59.1 Å². The molecule has 3 aromatic rings. The minimum absolute atomic E-state index is 0.127. The first-order valence-electron chi connectivity index (χ1n) is 12.6. The number of primary amides is 1. The second-order valence-electron chi connectivity index (χ2n) is 9.87. The van der Waals surface area contributed by atoms with Crippen molar-refractivity contribution in [2.45, 2.75) is 51.6 Å². The van der Waals surface area contributed by atoms with Gasteiger partial charge in [-0.2, -0.15) is 0 Å². The third-order valence-corrected chi connectivity index (χ3v) is 6.74. The lowest BCUT2D eigenvalue weighted by molar-refractivity contribution is -0.144. The molecule has 3 atom stereocenters. The van der Waals surface area contributed by atoms with E-state index in [2.05, 4.69) is 15.7 Å². The van der Waals surface area contributed by atoms with Crippen molar-refractivity contribution >= 4 is 17.6 Å². The Kier molecular flexibility index (Phi) is 8.45. The predicted molar refractivity (Wildman–Crippen MR) is 138 cm³/mol. The van der Waals surface area contributed by atoms with Crippen LogP contribution in [-0.2, 0) is 22.4 Å². The van der Waals surface area contributed by atoms with Crippen LogP contribution in [0, 0.1) is 12.8 Å². The second-order valence-corrected chi connectivity index (χ2v) is 9.87. The van der Waals surface area contributed by atoms with Crippen LogP contribution in [0.1, 0.15) is 52.7 Å². The van der Waals surface area contributed by atoms with Crippen LogP contribution in [0.4, 0.5) is 0 Å². The van der Waals surface area contributed by atoms with E-state index in [4.69, 9.17) is 10.3 Å². The standard InChI is InChI=1S/C28H33N5O4/c1-18-7-6-10-21(11-18)15-25-27(31-32-37-25)24(34)13-19(2)12-23(28(29)36)33-22(16-30-17-26(33)35)14-20-8-4-3-5-9-20/h3-11,19,22-23,30H,12-17H2,1-2H3,(H2,29,36)/t19-,22+,23+/m0/s1. The first-order valence-corrected chi connectivity index (χ1v) is 12.6. The number of nitrogens with two attached hydrogens (primary N) is 1. The predicted octanol–water partition coefficient (Wildman–Crippen LogP) is 2.46. The average Bonchev–Trinajstić information content (AvgIpc) is 3.32. The topological polar surface area (TPSA) is 131 Å². The maximum atomic E-state index is 13.1. The minimum Gasteiger partial charge on any atom is -0.368 e. The number of benzene rings is 2. The SMILES string of the molecule is Cc1cccc(Cc2onnc2C(=O)C[C@@H](C)C[C@H](C(N)=O)N2C(=O)CNC[C@H]2Cc2ccccc2)c1. The van der Waals surface area contributed by atoms with E-state index in [-0.39, 0.29) is 48.7 Å². The summed E-state index contributed by atoms with van der Waals surface area (Å²) in [6.45, 7) is 4.58. The van der Waals surface area contributed by atoms with Gasteiger partial charge in [0, 0.05) is 30.7 Å². The highest BCUT2D eigenvalue weighted by Crippen LogP contribution is 2.23. The number of carbonyl (C=O) groups is 3. The molecule has 0 aliphatic carbocycles. The molecule has 1 aliphatic rings. The molecular formula is C28H33N5O4. The molecule has 1 fully saturated rings. The molecule has 4 rings (SSSR count). The zero-order valence-corrected chi connectivity index (χ0v) is 21.2. The Hall–Kier alpha value is -3.85. The highest BCUT2D eigenvalue weighted by Gasteiger charge is 2.37. The van der Waals surface area contributed by atoms with Crippen molar-refractivity contribution in [1.82, 2.24) is 20.6 Å². The number of nitrogens with zero attached hydrogens (tertiary/aromatic N) is 3. The van der Waals surface area contributed by atoms with Gasteiger partial charge >= 0.3 is 0 Å². The third kappa shape index (κ3) is 6.68. The van der Waals surface area contributed by atoms with Gasteiger partial charge in [-0.15, -0.1) is 5.10 Å². The summed E-state index contributed by atoms with van der Waals surface area (Å²) in [7, 11) is 0. The maximum absolute atomic E-state index is 13.1. The lowest BCUT2D eigenvalue weighted by atomic mass is 9.91. The van der Waals surface area contributed by atoms with Crippen molar-refractivity contribution in [1.29, 1.82) is 0 Å². The molecule has 0 unspecified atom stereocenters. The highest BCUT2D eigenvalue weighted by molar-refractivity contribution is 5.95. The lowest BCUT2D eigenvalue weighted by Gasteiger charge is -2.41. The highest BCUT2D eigenvalue weighted by atomic mass is 16.5. The van der Waals surface area contributed by atoms with Crippen molar-refractivity contribution in [3.8, 4) is 0 Å². The number of carbonyl (C=O) groups excluding carboxylic acids is 3. The molecule has 9 heteroatoms. The second kappa shape index (κ2) is 11.9. The summed E-state index contributed by atoms with van der Waals surface area (Å²) in [5.74, 6) is -0.776. The van der Waals surface area contributed by atoms with Crippen molar-refractivity contribution in [2.24, 2.45) is 11.7 Å². The quantitative estimate of drug-likeness (QED) is 0.384. The zero-order chi connectivity index (χ0) is 26.4. The molecule has 0 radical (unpaired) electrons. The molecule has 0 bridgehead atoms. The Morgan fingerprint density at radius 1 is 1.16 bits per heavy atom. The molecule has 9 nitrogen and oxygen atoms in total. The van der Waals surface area contributed by atoms with Crippen LogP contribution in [0.5, 0.6) is 0 Å². The molecule has 1 aromatic heterocycles. The van der Waals surface area contributed by atoms with Gasteiger partial charge in [0.15, 0.2) is 17.2 Å². The van der Waals surface area contributed by atoms with Crippen LogP contribution in [0.3, 0.4) is 0 Å². The van der Waals surface area contributed by atoms with Crippen LogP contribution in [0.2, 0.25) is 0 Å². The van der Waals surface area contributed by atoms with Gasteiger partial charge in [-0.3, -0.25) is 14.4 Å². The molecule has 1 aliphatic heterocycles. The van der Waals surface area contributed by atoms with Crippen LogP contribution >= 0.6 is 0 Å². The Morgan fingerprint density at radius 2 is 1.92 bits per heavy atom. The molecule has 194 valence electrons. The van der Waals surface area contributed by atoms with Gasteiger partial charge in [0.25, 0.3) is 0 Å². The van der Waals surface area contributed by atoms with E-state index in [1.807, 2.05) is 68.4 Å². The van der Waals surface area contributed by atoms with Crippen molar-refractivity contribution in [3.63, 3.8) is 0 Å². The number of aromatic nitrogens is 2. The normalized spacial score (nSPS) is 17.4. The van der Waals surface area contributed by atoms with E-state index in [9.17, 15) is 14.4 Å². The molecule has 0 saturated carbocycles. The summed E-state index contributed by atoms with van der Waals surface area (Å²) in [6.07, 6.45) is 1.41. The molecule has 1 saturated heterocycles. The molecular weight excluding hydrogens is 470 g/mol. The van der Waals surface area contributed by atoms with E-state index < -0.39 is 11.9 Å². The van der Waals surface area contributed by atoms with Crippen molar-refractivity contribution in [3.05, 3.63) is 82.7 Å². The smallest absolute Gasteiger partial charge is 0.240 e. The summed E-state index contributed by atoms with van der Waals surface area (Å²) in [4.78, 5) is 40.2. The number of Topliss-reactive ketones (excluding diaryl/α,β-unsaturated/α-hetero) is 1. The van der Waals surface area contributed by atoms with E-state index in [0.717, 1.165) is 16.7 Å². The number of aryl methyl sites for hydroxylation is 1. The monoisotopic (exact) mass is 503 g/mol. The number of hydrogen-bond donors (Lipinski definition) is 2. The number of piperazine rings is 1. The fourth-order valence-corrected chi connectivity index (χ4v) is 5.01. The lowest BCUT2D eigenvalue weighted by Crippen LogP contribution is -2.62. The van der Waals surface area contributed by atoms with Gasteiger partial charge in [-0.1, -0.05) is 67.1 Å². The Bertz CT molecular complexity index is 1240. The van der Waals surface area contributed by atoms with Gasteiger partial charge in [0.05, 0.1) is 6.54 Å². The number of hydrogen-bond acceptors (Lipinski definition) is 7. The Morgan fingerprint density at radius 3 is 2.65 bits per heavy atom. The Balaban J connectivity index is 1.44. The van der Waals surface area contributed by atoms with Crippen LogP contribution in [0.25, 0.3) is 0 Å². The van der Waals surface area contributed by atoms with E-state index in [1.54, 1.807) is 4.90 Å². The number of rotatable bonds is 11. The summed E-state index contributed by atoms with van der Waals surface area (Å²) in [5, 5.41) is 10.7. The summed E-state index contributed by atoms with van der Waals surface area (Å²) in [5.41, 5.74) is 9.18. The van der Waals surface area contributed by atoms with Crippen LogP contribution < -0.4 is 11.1 Å². The van der Waals surface area contributed by atoms with Gasteiger partial charge in [0.2, 0.25) is 11.8 Å². The molecule has 3 N–H and O–H groups in total. The van der Waals surface area contributed by atoms with E-state index in [1.165, 1.54) is 0 Å². The molecule has 2 heterocycles. The van der Waals surface area contributed by atoms with Crippen molar-refractivity contribution in [2.75, 3.05) is 13.1 Å². The largest absolute Gasteiger partial charge is 0.368 e. The fourth-order valence-electron chi connectivity index (χ4n) is 5.01. The first kappa shape index (κ1) is 26.2. The minimum atomic E-state index is -0.812. The first-order chi connectivity index (χ1) is 17.8. The van der Waals surface area contributed by atoms with E-state index in [0.29, 0.717) is 25.1 Å². The number of nitrogens with one attached hydrogen (secondary N) is 1. The Labute approximate surface area is 216 Å². The molecule has 2 amide bonds. The fraction of sp³-hybridized carbons (Fsp3) is 0.393. The van der Waals surface area contributed by atoms with E-state index >= 15 is 0 Å². The van der Waals surface area contributed by atoms with Gasteiger partial charge in [0.1, 0.15) is 6.04 Å². The van der Waals surface area contributed by atoms with Gasteiger partial charge in [-0.25, -0.2) is 0 Å². The summed E-state index contributed by atoms with van der Waals surface area (Å²) < 4.78 is 5.29. The summed E-state index contributed by atoms with van der Waals surface area (Å²) >= 11 is 0. The molecule has 0 spiro atoms. The molecule has 2 aromatic carbocycles. The van der Waals surface area contributed by atoms with Gasteiger partial charge < -0.3 is 20.5 Å². The number of amides is 2. The van der Waals surface area contributed by atoms with Crippen molar-refractivity contribution < 1.29 is 18.9 Å². The summed E-state index contributed by atoms with van der Waals surface area (Å²) in [6, 6.07) is 16.7. The van der Waals surface area contributed by atoms with Crippen LogP contribution in [-0.4, -0.2) is 58.0 Å².